The molecule has 0 aliphatic rings. The minimum absolute atomic E-state index is 0.193. The number of ether oxygens (including phenoxy) is 1. The molecule has 2 aromatic rings. The molecule has 0 unspecified atom stereocenters. The summed E-state index contributed by atoms with van der Waals surface area (Å²) >= 11 is 5.86. The first kappa shape index (κ1) is 17.8. The van der Waals surface area contributed by atoms with E-state index in [-0.39, 0.29) is 12.5 Å². The molecular formula is C18H19ClN2O3. The van der Waals surface area contributed by atoms with Gasteiger partial charge in [-0.2, -0.15) is 0 Å². The van der Waals surface area contributed by atoms with Crippen molar-refractivity contribution < 1.29 is 14.3 Å². The number of nitrogens with one attached hydrogen (secondary N) is 2. The fraction of sp³-hybridized carbons (Fsp3) is 0.222. The summed E-state index contributed by atoms with van der Waals surface area (Å²) < 4.78 is 5.39. The first-order valence-electron chi connectivity index (χ1n) is 7.55. The molecule has 0 spiro atoms. The van der Waals surface area contributed by atoms with E-state index in [4.69, 9.17) is 16.3 Å². The van der Waals surface area contributed by atoms with Crippen LogP contribution in [0.25, 0.3) is 0 Å². The number of amides is 2. The van der Waals surface area contributed by atoms with Gasteiger partial charge in [0.1, 0.15) is 5.75 Å². The number of hydrogen-bond donors (Lipinski definition) is 2. The van der Waals surface area contributed by atoms with Crippen molar-refractivity contribution in [3.8, 4) is 5.75 Å². The van der Waals surface area contributed by atoms with Gasteiger partial charge in [0.15, 0.2) is 6.61 Å². The second-order valence-corrected chi connectivity index (χ2v) is 5.72. The van der Waals surface area contributed by atoms with Crippen LogP contribution in [0.3, 0.4) is 0 Å². The molecule has 2 amide bonds. The minimum atomic E-state index is -0.433. The highest BCUT2D eigenvalue weighted by Crippen LogP contribution is 2.21. The highest BCUT2D eigenvalue weighted by molar-refractivity contribution is 6.30. The molecule has 6 heteroatoms. The Labute approximate surface area is 145 Å². The van der Waals surface area contributed by atoms with Crippen molar-refractivity contribution in [1.82, 2.24) is 10.9 Å². The number of hydrogen-bond acceptors (Lipinski definition) is 3. The van der Waals surface area contributed by atoms with Crippen molar-refractivity contribution in [1.29, 1.82) is 0 Å². The topological polar surface area (TPSA) is 67.4 Å². The van der Waals surface area contributed by atoms with E-state index in [1.807, 2.05) is 37.3 Å². The summed E-state index contributed by atoms with van der Waals surface area (Å²) in [6.45, 7) is 1.64. The van der Waals surface area contributed by atoms with Crippen LogP contribution in [0.2, 0.25) is 5.02 Å². The van der Waals surface area contributed by atoms with Gasteiger partial charge in [-0.25, -0.2) is 0 Å². The molecule has 0 atom stereocenters. The maximum atomic E-state index is 11.7. The van der Waals surface area contributed by atoms with Gasteiger partial charge in [-0.1, -0.05) is 41.9 Å². The molecular weight excluding hydrogens is 328 g/mol. The SMILES string of the molecule is Cc1cc(Cl)ccc1OCC(=O)NNC(=O)CCc1ccccc1. The number of hydrazine groups is 1. The van der Waals surface area contributed by atoms with Crippen LogP contribution in [0.5, 0.6) is 5.75 Å². The molecule has 2 aromatic carbocycles. The predicted molar refractivity (Wildman–Crippen MR) is 92.7 cm³/mol. The lowest BCUT2D eigenvalue weighted by atomic mass is 10.1. The van der Waals surface area contributed by atoms with Crippen LogP contribution >= 0.6 is 11.6 Å². The number of carbonyl (C=O) groups excluding carboxylic acids is 2. The van der Waals surface area contributed by atoms with E-state index in [2.05, 4.69) is 10.9 Å². The zero-order valence-electron chi connectivity index (χ0n) is 13.3. The number of rotatable bonds is 6. The van der Waals surface area contributed by atoms with Gasteiger partial charge in [0, 0.05) is 11.4 Å². The predicted octanol–water partition coefficient (Wildman–Crippen LogP) is 2.81. The third-order valence-corrected chi connectivity index (χ3v) is 3.56. The lowest BCUT2D eigenvalue weighted by Crippen LogP contribution is -2.43. The van der Waals surface area contributed by atoms with Crippen LogP contribution in [0, 0.1) is 6.92 Å². The van der Waals surface area contributed by atoms with Crippen LogP contribution in [0.1, 0.15) is 17.5 Å². The molecule has 2 rings (SSSR count). The second kappa shape index (κ2) is 8.93. The zero-order chi connectivity index (χ0) is 17.4. The first-order chi connectivity index (χ1) is 11.5. The number of aryl methyl sites for hydroxylation is 2. The van der Waals surface area contributed by atoms with Crippen LogP contribution < -0.4 is 15.6 Å². The molecule has 126 valence electrons. The Bertz CT molecular complexity index is 705. The highest BCUT2D eigenvalue weighted by atomic mass is 35.5. The molecule has 24 heavy (non-hydrogen) atoms. The van der Waals surface area contributed by atoms with Crippen LogP contribution in [-0.4, -0.2) is 18.4 Å². The third kappa shape index (κ3) is 5.93. The quantitative estimate of drug-likeness (QED) is 0.790. The van der Waals surface area contributed by atoms with E-state index >= 15 is 0 Å². The Morgan fingerprint density at radius 1 is 1.04 bits per heavy atom. The number of halogens is 1. The average Bonchev–Trinajstić information content (AvgIpc) is 2.58. The van der Waals surface area contributed by atoms with E-state index in [0.717, 1.165) is 11.1 Å². The van der Waals surface area contributed by atoms with E-state index in [1.165, 1.54) is 0 Å². The summed E-state index contributed by atoms with van der Waals surface area (Å²) in [6, 6.07) is 14.8. The molecule has 0 heterocycles. The van der Waals surface area contributed by atoms with Gasteiger partial charge < -0.3 is 4.74 Å². The van der Waals surface area contributed by atoms with Crippen LogP contribution in [0.15, 0.2) is 48.5 Å². The Balaban J connectivity index is 1.68. The number of carbonyl (C=O) groups is 2. The summed E-state index contributed by atoms with van der Waals surface area (Å²) in [5, 5.41) is 0.606. The first-order valence-corrected chi connectivity index (χ1v) is 7.93. The monoisotopic (exact) mass is 346 g/mol. The van der Waals surface area contributed by atoms with E-state index in [0.29, 0.717) is 23.6 Å². The molecule has 0 aromatic heterocycles. The van der Waals surface area contributed by atoms with Crippen molar-refractivity contribution in [2.45, 2.75) is 19.8 Å². The van der Waals surface area contributed by atoms with Crippen molar-refractivity contribution in [2.75, 3.05) is 6.61 Å². The molecule has 0 saturated heterocycles. The molecule has 2 N–H and O–H groups in total. The Hall–Kier alpha value is -2.53. The molecule has 0 radical (unpaired) electrons. The van der Waals surface area contributed by atoms with Gasteiger partial charge >= 0.3 is 0 Å². The van der Waals surface area contributed by atoms with Gasteiger partial charge in [-0.15, -0.1) is 0 Å². The Kier molecular flexibility index (Phi) is 6.63. The van der Waals surface area contributed by atoms with Gasteiger partial charge in [0.05, 0.1) is 0 Å². The Morgan fingerprint density at radius 2 is 1.75 bits per heavy atom. The lowest BCUT2D eigenvalue weighted by molar-refractivity contribution is -0.130. The van der Waals surface area contributed by atoms with Crippen molar-refractivity contribution >= 4 is 23.4 Å². The van der Waals surface area contributed by atoms with E-state index < -0.39 is 5.91 Å². The van der Waals surface area contributed by atoms with Gasteiger partial charge in [-0.05, 0) is 42.7 Å². The van der Waals surface area contributed by atoms with Crippen LogP contribution in [0.4, 0.5) is 0 Å². The largest absolute Gasteiger partial charge is 0.483 e. The molecule has 0 bridgehead atoms. The summed E-state index contributed by atoms with van der Waals surface area (Å²) in [5.74, 6) is -0.114. The fourth-order valence-corrected chi connectivity index (χ4v) is 2.29. The van der Waals surface area contributed by atoms with Crippen LogP contribution in [-0.2, 0) is 16.0 Å². The van der Waals surface area contributed by atoms with Crippen molar-refractivity contribution in [3.63, 3.8) is 0 Å². The molecule has 0 aliphatic carbocycles. The maximum absolute atomic E-state index is 11.7. The summed E-state index contributed by atoms with van der Waals surface area (Å²) in [4.78, 5) is 23.4. The lowest BCUT2D eigenvalue weighted by Gasteiger charge is -2.10. The van der Waals surface area contributed by atoms with E-state index in [1.54, 1.807) is 18.2 Å². The summed E-state index contributed by atoms with van der Waals surface area (Å²) in [7, 11) is 0. The smallest absolute Gasteiger partial charge is 0.276 e. The number of benzene rings is 2. The van der Waals surface area contributed by atoms with Crippen molar-refractivity contribution in [2.24, 2.45) is 0 Å². The fourth-order valence-electron chi connectivity index (χ4n) is 2.06. The minimum Gasteiger partial charge on any atom is -0.483 e. The van der Waals surface area contributed by atoms with Gasteiger partial charge in [-0.3, -0.25) is 20.4 Å². The molecule has 0 aliphatic heterocycles. The zero-order valence-corrected chi connectivity index (χ0v) is 14.1. The third-order valence-electron chi connectivity index (χ3n) is 3.32. The van der Waals surface area contributed by atoms with Gasteiger partial charge in [0.2, 0.25) is 5.91 Å². The standard InChI is InChI=1S/C18H19ClN2O3/c1-13-11-15(19)8-9-16(13)24-12-18(23)21-20-17(22)10-7-14-5-3-2-4-6-14/h2-6,8-9,11H,7,10,12H2,1H3,(H,20,22)(H,21,23). The van der Waals surface area contributed by atoms with Gasteiger partial charge in [0.25, 0.3) is 5.91 Å². The highest BCUT2D eigenvalue weighted by Gasteiger charge is 2.07. The molecule has 0 fully saturated rings. The summed E-state index contributed by atoms with van der Waals surface area (Å²) in [6.07, 6.45) is 0.907. The Morgan fingerprint density at radius 3 is 2.46 bits per heavy atom. The molecule has 5 nitrogen and oxygen atoms in total. The second-order valence-electron chi connectivity index (χ2n) is 5.28. The normalized spacial score (nSPS) is 10.1. The average molecular weight is 347 g/mol. The summed E-state index contributed by atoms with van der Waals surface area (Å²) in [5.41, 5.74) is 6.61. The molecule has 0 saturated carbocycles. The van der Waals surface area contributed by atoms with E-state index in [9.17, 15) is 9.59 Å². The van der Waals surface area contributed by atoms with Crippen molar-refractivity contribution in [3.05, 3.63) is 64.7 Å². The maximum Gasteiger partial charge on any atom is 0.276 e.